The Labute approximate surface area is 117 Å². The molecule has 5 nitrogen and oxygen atoms in total. The van der Waals surface area contributed by atoms with Gasteiger partial charge in [0.2, 0.25) is 11.8 Å². The van der Waals surface area contributed by atoms with E-state index in [9.17, 15) is 14.0 Å². The van der Waals surface area contributed by atoms with E-state index in [-0.39, 0.29) is 30.7 Å². The molecule has 1 aliphatic rings. The van der Waals surface area contributed by atoms with E-state index in [4.69, 9.17) is 0 Å². The Morgan fingerprint density at radius 2 is 2.28 bits per heavy atom. The maximum Gasteiger partial charge on any atom is 0.243 e. The van der Waals surface area contributed by atoms with Crippen LogP contribution >= 0.6 is 22.6 Å². The molecule has 2 amide bonds. The molecule has 0 aliphatic carbocycles. The second kappa shape index (κ2) is 5.61. The minimum atomic E-state index is -0.469. The number of hydrogen-bond donors (Lipinski definition) is 3. The van der Waals surface area contributed by atoms with Crippen molar-refractivity contribution in [2.24, 2.45) is 0 Å². The zero-order valence-corrected chi connectivity index (χ0v) is 11.5. The Morgan fingerprint density at radius 3 is 2.89 bits per heavy atom. The normalized spacial score (nSPS) is 19.2. The van der Waals surface area contributed by atoms with Crippen molar-refractivity contribution >= 4 is 40.1 Å². The number of halogens is 2. The highest BCUT2D eigenvalue weighted by atomic mass is 127. The number of hydrogen-bond acceptors (Lipinski definition) is 3. The second-order valence-corrected chi connectivity index (χ2v) is 5.01. The molecular weight excluding hydrogens is 352 g/mol. The van der Waals surface area contributed by atoms with Gasteiger partial charge in [-0.2, -0.15) is 0 Å². The molecule has 1 atom stereocenters. The first kappa shape index (κ1) is 13.2. The molecule has 1 aromatic rings. The van der Waals surface area contributed by atoms with Crippen molar-refractivity contribution in [1.82, 2.24) is 10.6 Å². The topological polar surface area (TPSA) is 70.2 Å². The van der Waals surface area contributed by atoms with Crippen LogP contribution in [0.15, 0.2) is 18.2 Å². The van der Waals surface area contributed by atoms with Crippen molar-refractivity contribution in [3.8, 4) is 0 Å². The molecule has 1 aliphatic heterocycles. The lowest BCUT2D eigenvalue weighted by Gasteiger charge is -2.23. The minimum absolute atomic E-state index is 0.124. The smallest absolute Gasteiger partial charge is 0.243 e. The highest BCUT2D eigenvalue weighted by molar-refractivity contribution is 14.1. The number of benzene rings is 1. The summed E-state index contributed by atoms with van der Waals surface area (Å²) in [4.78, 5) is 22.8. The van der Waals surface area contributed by atoms with Crippen LogP contribution in [0.5, 0.6) is 0 Å². The van der Waals surface area contributed by atoms with E-state index >= 15 is 0 Å². The Hall–Kier alpha value is -1.22. The van der Waals surface area contributed by atoms with Gasteiger partial charge in [-0.1, -0.05) is 0 Å². The van der Waals surface area contributed by atoms with Gasteiger partial charge in [0.05, 0.1) is 12.2 Å². The van der Waals surface area contributed by atoms with Gasteiger partial charge in [0.15, 0.2) is 0 Å². The molecule has 7 heteroatoms. The Morgan fingerprint density at radius 1 is 1.50 bits per heavy atom. The van der Waals surface area contributed by atoms with E-state index in [1.807, 2.05) is 22.6 Å². The third-order valence-electron chi connectivity index (χ3n) is 2.52. The van der Waals surface area contributed by atoms with Crippen molar-refractivity contribution in [2.75, 3.05) is 18.4 Å². The van der Waals surface area contributed by atoms with Gasteiger partial charge in [0.25, 0.3) is 0 Å². The van der Waals surface area contributed by atoms with E-state index in [2.05, 4.69) is 16.0 Å². The predicted molar refractivity (Wildman–Crippen MR) is 72.5 cm³/mol. The van der Waals surface area contributed by atoms with Gasteiger partial charge in [-0.15, -0.1) is 0 Å². The van der Waals surface area contributed by atoms with Crippen LogP contribution in [0.4, 0.5) is 10.1 Å². The molecule has 0 spiro atoms. The van der Waals surface area contributed by atoms with Crippen LogP contribution in [-0.4, -0.2) is 30.9 Å². The van der Waals surface area contributed by atoms with Gasteiger partial charge in [-0.05, 0) is 40.8 Å². The summed E-state index contributed by atoms with van der Waals surface area (Å²) >= 11 is 1.95. The zero-order valence-electron chi connectivity index (χ0n) is 9.30. The lowest BCUT2D eigenvalue weighted by Crippen LogP contribution is -2.56. The Kier molecular flexibility index (Phi) is 4.12. The molecule has 1 aromatic carbocycles. The highest BCUT2D eigenvalue weighted by Crippen LogP contribution is 2.19. The highest BCUT2D eigenvalue weighted by Gasteiger charge is 2.24. The third kappa shape index (κ3) is 3.16. The minimum Gasteiger partial charge on any atom is -0.353 e. The molecule has 1 heterocycles. The molecule has 0 saturated carbocycles. The lowest BCUT2D eigenvalue weighted by atomic mass is 10.2. The summed E-state index contributed by atoms with van der Waals surface area (Å²) in [6, 6.07) is 3.67. The summed E-state index contributed by atoms with van der Waals surface area (Å²) in [5, 5.41) is 8.11. The zero-order chi connectivity index (χ0) is 13.1. The van der Waals surface area contributed by atoms with Gasteiger partial charge in [-0.3, -0.25) is 14.9 Å². The summed E-state index contributed by atoms with van der Waals surface area (Å²) in [5.41, 5.74) is 0.556. The van der Waals surface area contributed by atoms with Crippen molar-refractivity contribution in [2.45, 2.75) is 6.04 Å². The van der Waals surface area contributed by atoms with Gasteiger partial charge >= 0.3 is 0 Å². The first-order valence-electron chi connectivity index (χ1n) is 5.32. The number of amides is 2. The van der Waals surface area contributed by atoms with Crippen molar-refractivity contribution in [3.05, 3.63) is 27.6 Å². The molecule has 3 N–H and O–H groups in total. The molecule has 0 radical (unpaired) electrons. The third-order valence-corrected chi connectivity index (χ3v) is 3.41. The lowest BCUT2D eigenvalue weighted by molar-refractivity contribution is -0.124. The molecule has 1 fully saturated rings. The monoisotopic (exact) mass is 363 g/mol. The van der Waals surface area contributed by atoms with Gasteiger partial charge < -0.3 is 10.6 Å². The standard InChI is InChI=1S/C11H11FIN3O2/c12-6-1-2-8(7(13)3-6)16-11(18)9-4-15-10(17)5-14-9/h1-3,9,14H,4-5H2,(H,15,17)(H,16,18). The van der Waals surface area contributed by atoms with E-state index in [1.54, 1.807) is 0 Å². The Bertz CT molecular complexity index is 485. The van der Waals surface area contributed by atoms with Gasteiger partial charge in [-0.25, -0.2) is 4.39 Å². The van der Waals surface area contributed by atoms with Crippen LogP contribution in [-0.2, 0) is 9.59 Å². The summed E-state index contributed by atoms with van der Waals surface area (Å²) in [7, 11) is 0. The van der Waals surface area contributed by atoms with Crippen LogP contribution in [0.3, 0.4) is 0 Å². The van der Waals surface area contributed by atoms with Gasteiger partial charge in [0.1, 0.15) is 11.9 Å². The molecule has 1 unspecified atom stereocenters. The molecule has 18 heavy (non-hydrogen) atoms. The molecular formula is C11H11FIN3O2. The van der Waals surface area contributed by atoms with E-state index in [0.717, 1.165) is 0 Å². The fourth-order valence-electron chi connectivity index (χ4n) is 1.56. The average Bonchev–Trinajstić information content (AvgIpc) is 2.33. The first-order chi connectivity index (χ1) is 8.56. The maximum atomic E-state index is 12.9. The van der Waals surface area contributed by atoms with Crippen molar-refractivity contribution in [3.63, 3.8) is 0 Å². The van der Waals surface area contributed by atoms with E-state index < -0.39 is 6.04 Å². The summed E-state index contributed by atoms with van der Waals surface area (Å²) in [6.07, 6.45) is 0. The van der Waals surface area contributed by atoms with Crippen molar-refractivity contribution in [1.29, 1.82) is 0 Å². The van der Waals surface area contributed by atoms with Crippen molar-refractivity contribution < 1.29 is 14.0 Å². The number of carbonyl (C=O) groups is 2. The number of anilines is 1. The number of nitrogens with one attached hydrogen (secondary N) is 3. The molecule has 96 valence electrons. The Balaban J connectivity index is 2.00. The largest absolute Gasteiger partial charge is 0.353 e. The maximum absolute atomic E-state index is 12.9. The summed E-state index contributed by atoms with van der Waals surface area (Å²) in [6.45, 7) is 0.376. The van der Waals surface area contributed by atoms with Crippen LogP contribution in [0.1, 0.15) is 0 Å². The molecule has 1 saturated heterocycles. The van der Waals surface area contributed by atoms with Crippen LogP contribution in [0.25, 0.3) is 0 Å². The molecule has 0 bridgehead atoms. The van der Waals surface area contributed by atoms with E-state index in [1.165, 1.54) is 18.2 Å². The van der Waals surface area contributed by atoms with Gasteiger partial charge in [0, 0.05) is 10.1 Å². The fourth-order valence-corrected chi connectivity index (χ4v) is 2.17. The predicted octanol–water partition coefficient (Wildman–Crippen LogP) is 0.457. The van der Waals surface area contributed by atoms with Crippen LogP contribution in [0.2, 0.25) is 0 Å². The number of carbonyl (C=O) groups excluding carboxylic acids is 2. The number of piperazine rings is 1. The summed E-state index contributed by atoms with van der Waals surface area (Å²) in [5.74, 6) is -0.726. The average molecular weight is 363 g/mol. The quantitative estimate of drug-likeness (QED) is 0.669. The number of rotatable bonds is 2. The molecule has 0 aromatic heterocycles. The first-order valence-corrected chi connectivity index (χ1v) is 6.40. The van der Waals surface area contributed by atoms with Crippen LogP contribution in [0, 0.1) is 9.39 Å². The second-order valence-electron chi connectivity index (χ2n) is 3.85. The molecule has 2 rings (SSSR count). The fraction of sp³-hybridized carbons (Fsp3) is 0.273. The summed E-state index contributed by atoms with van der Waals surface area (Å²) < 4.78 is 13.5. The SMILES string of the molecule is O=C1CNC(C(=O)Nc2ccc(F)cc2I)CN1. The van der Waals surface area contributed by atoms with E-state index in [0.29, 0.717) is 9.26 Å². The van der Waals surface area contributed by atoms with Crippen LogP contribution < -0.4 is 16.0 Å².